The summed E-state index contributed by atoms with van der Waals surface area (Å²) < 4.78 is 7.48. The highest BCUT2D eigenvalue weighted by atomic mass is 15.0. The number of aryl methyl sites for hydroxylation is 1. The van der Waals surface area contributed by atoms with Crippen molar-refractivity contribution in [1.82, 2.24) is 13.7 Å². The van der Waals surface area contributed by atoms with E-state index in [1.807, 2.05) is 0 Å². The summed E-state index contributed by atoms with van der Waals surface area (Å²) in [5, 5.41) is 3.91. The van der Waals surface area contributed by atoms with E-state index in [1.165, 1.54) is 117 Å². The lowest BCUT2D eigenvalue weighted by Gasteiger charge is -2.14. The molecule has 0 N–H and O–H groups in total. The maximum Gasteiger partial charge on any atom is 0.0558 e. The molecule has 55 heavy (non-hydrogen) atoms. The van der Waals surface area contributed by atoms with E-state index < -0.39 is 0 Å². The van der Waals surface area contributed by atoms with Crippen LogP contribution >= 0.6 is 0 Å². The number of hydrogen-bond donors (Lipinski definition) is 0. The van der Waals surface area contributed by atoms with Crippen LogP contribution in [0.1, 0.15) is 33.8 Å². The molecular weight excluding hydrogens is 667 g/mol. The Morgan fingerprint density at radius 1 is 0.364 bits per heavy atom. The van der Waals surface area contributed by atoms with Crippen LogP contribution in [-0.2, 0) is 12.8 Å². The molecule has 3 nitrogen and oxygen atoms in total. The third-order valence-electron chi connectivity index (χ3n) is 12.4. The van der Waals surface area contributed by atoms with Crippen LogP contribution in [0, 0.1) is 13.8 Å². The normalized spacial score (nSPS) is 12.8. The van der Waals surface area contributed by atoms with Crippen LogP contribution in [-0.4, -0.2) is 13.7 Å². The van der Waals surface area contributed by atoms with Gasteiger partial charge in [0.05, 0.1) is 16.6 Å². The highest BCUT2D eigenvalue weighted by molar-refractivity contribution is 6.05. The quantitative estimate of drug-likeness (QED) is 0.173. The molecular formula is C52H37N3. The van der Waals surface area contributed by atoms with Crippen LogP contribution in [0.5, 0.6) is 0 Å². The molecule has 0 radical (unpaired) electrons. The first-order valence-corrected chi connectivity index (χ1v) is 19.4. The summed E-state index contributed by atoms with van der Waals surface area (Å²) in [4.78, 5) is 0. The fourth-order valence-electron chi connectivity index (χ4n) is 10.2. The van der Waals surface area contributed by atoms with Crippen molar-refractivity contribution in [2.75, 3.05) is 0 Å². The van der Waals surface area contributed by atoms with E-state index in [0.717, 1.165) is 12.8 Å². The standard InChI is InChI=1S/C52H37N3/c1-32-28-37(54-45-22-12-10-20-42(45)51-40-18-8-6-14-34(40)29-48(51)54)24-26-39(32)50-33(2)53(36-16-4-3-5-17-36)47-31-38(25-27-44(47)50)55-46-23-13-11-21-43(46)52-41-19-9-7-15-35(41)30-49(52)55/h3-28,31H,29-30H2,1-2H3. The molecule has 10 aromatic rings. The lowest BCUT2D eigenvalue weighted by atomic mass is 9.97. The monoisotopic (exact) mass is 703 g/mol. The number of fused-ring (bicyclic) bond motifs is 11. The van der Waals surface area contributed by atoms with Crippen molar-refractivity contribution in [2.24, 2.45) is 0 Å². The summed E-state index contributed by atoms with van der Waals surface area (Å²) >= 11 is 0. The van der Waals surface area contributed by atoms with Crippen LogP contribution in [0.2, 0.25) is 0 Å². The molecule has 12 rings (SSSR count). The SMILES string of the molecule is Cc1cc(-n2c3c(c4ccccc42)-c2ccccc2C3)ccc1-c1c(C)n(-c2ccccc2)c2cc(-n3c4c(c5ccccc53)-c3ccccc3C4)ccc12. The largest absolute Gasteiger partial charge is 0.313 e. The van der Waals surface area contributed by atoms with Crippen molar-refractivity contribution in [3.8, 4) is 50.4 Å². The molecule has 260 valence electrons. The van der Waals surface area contributed by atoms with Crippen LogP contribution in [0.3, 0.4) is 0 Å². The zero-order chi connectivity index (χ0) is 36.4. The molecule has 7 aromatic carbocycles. The Balaban J connectivity index is 1.05. The molecule has 3 aromatic heterocycles. The van der Waals surface area contributed by atoms with Crippen molar-refractivity contribution >= 4 is 32.7 Å². The first-order valence-electron chi connectivity index (χ1n) is 19.4. The first kappa shape index (κ1) is 30.6. The smallest absolute Gasteiger partial charge is 0.0558 e. The molecule has 0 saturated heterocycles. The predicted molar refractivity (Wildman–Crippen MR) is 228 cm³/mol. The Labute approximate surface area is 320 Å². The van der Waals surface area contributed by atoms with Gasteiger partial charge in [-0.05, 0) is 95.8 Å². The Morgan fingerprint density at radius 3 is 1.49 bits per heavy atom. The van der Waals surface area contributed by atoms with Gasteiger partial charge < -0.3 is 13.7 Å². The van der Waals surface area contributed by atoms with Gasteiger partial charge in [0.2, 0.25) is 0 Å². The van der Waals surface area contributed by atoms with Gasteiger partial charge >= 0.3 is 0 Å². The molecule has 0 spiro atoms. The molecule has 0 aliphatic heterocycles. The molecule has 0 saturated carbocycles. The van der Waals surface area contributed by atoms with Gasteiger partial charge in [-0.25, -0.2) is 0 Å². The second-order valence-corrected chi connectivity index (χ2v) is 15.3. The van der Waals surface area contributed by atoms with Crippen molar-refractivity contribution in [3.63, 3.8) is 0 Å². The van der Waals surface area contributed by atoms with Crippen molar-refractivity contribution in [3.05, 3.63) is 198 Å². The van der Waals surface area contributed by atoms with Crippen molar-refractivity contribution in [2.45, 2.75) is 26.7 Å². The fourth-order valence-corrected chi connectivity index (χ4v) is 10.2. The summed E-state index contributed by atoms with van der Waals surface area (Å²) in [5.74, 6) is 0. The molecule has 0 amide bonds. The predicted octanol–water partition coefficient (Wildman–Crippen LogP) is 12.9. The Hall–Kier alpha value is -6.84. The molecule has 0 fully saturated rings. The maximum atomic E-state index is 2.51. The van der Waals surface area contributed by atoms with Crippen LogP contribution < -0.4 is 0 Å². The highest BCUT2D eigenvalue weighted by Gasteiger charge is 2.29. The third-order valence-corrected chi connectivity index (χ3v) is 12.4. The number of aromatic nitrogens is 3. The summed E-state index contributed by atoms with van der Waals surface area (Å²) in [7, 11) is 0. The molecule has 0 atom stereocenters. The lowest BCUT2D eigenvalue weighted by molar-refractivity contribution is 1.00. The van der Waals surface area contributed by atoms with E-state index in [4.69, 9.17) is 0 Å². The number of nitrogens with zero attached hydrogens (tertiary/aromatic N) is 3. The van der Waals surface area contributed by atoms with Crippen LogP contribution in [0.25, 0.3) is 83.2 Å². The van der Waals surface area contributed by atoms with Gasteiger partial charge in [-0.1, -0.05) is 115 Å². The zero-order valence-corrected chi connectivity index (χ0v) is 30.8. The Morgan fingerprint density at radius 2 is 0.873 bits per heavy atom. The number of rotatable bonds is 4. The molecule has 2 aliphatic carbocycles. The molecule has 2 aliphatic rings. The Bertz CT molecular complexity index is 3220. The minimum atomic E-state index is 0.930. The average molecular weight is 704 g/mol. The van der Waals surface area contributed by atoms with E-state index >= 15 is 0 Å². The Kier molecular flexibility index (Phi) is 6.31. The van der Waals surface area contributed by atoms with E-state index in [1.54, 1.807) is 0 Å². The topological polar surface area (TPSA) is 14.8 Å². The lowest BCUT2D eigenvalue weighted by Crippen LogP contribution is -2.01. The number of hydrogen-bond acceptors (Lipinski definition) is 0. The number of benzene rings is 7. The summed E-state index contributed by atoms with van der Waals surface area (Å²) in [5.41, 5.74) is 23.5. The van der Waals surface area contributed by atoms with Gasteiger partial charge in [-0.2, -0.15) is 0 Å². The van der Waals surface area contributed by atoms with E-state index in [-0.39, 0.29) is 0 Å². The van der Waals surface area contributed by atoms with Gasteiger partial charge in [-0.15, -0.1) is 0 Å². The van der Waals surface area contributed by atoms with Gasteiger partial charge in [0.25, 0.3) is 0 Å². The van der Waals surface area contributed by atoms with Gasteiger partial charge in [0, 0.05) is 79.8 Å². The molecule has 3 heterocycles. The van der Waals surface area contributed by atoms with E-state index in [9.17, 15) is 0 Å². The summed E-state index contributed by atoms with van der Waals surface area (Å²) in [6.07, 6.45) is 1.87. The summed E-state index contributed by atoms with van der Waals surface area (Å²) in [6.45, 7) is 4.57. The van der Waals surface area contributed by atoms with E-state index in [2.05, 4.69) is 191 Å². The second-order valence-electron chi connectivity index (χ2n) is 15.3. The van der Waals surface area contributed by atoms with Gasteiger partial charge in [0.15, 0.2) is 0 Å². The van der Waals surface area contributed by atoms with Crippen LogP contribution in [0.15, 0.2) is 164 Å². The molecule has 0 unspecified atom stereocenters. The fraction of sp³-hybridized carbons (Fsp3) is 0.0769. The van der Waals surface area contributed by atoms with Crippen LogP contribution in [0.4, 0.5) is 0 Å². The summed E-state index contributed by atoms with van der Waals surface area (Å²) in [6, 6.07) is 60.7. The van der Waals surface area contributed by atoms with E-state index in [0.29, 0.717) is 0 Å². The molecule has 0 bridgehead atoms. The maximum absolute atomic E-state index is 2.51. The minimum absolute atomic E-state index is 0.930. The second kappa shape index (κ2) is 11.3. The number of para-hydroxylation sites is 3. The van der Waals surface area contributed by atoms with Crippen molar-refractivity contribution in [1.29, 1.82) is 0 Å². The third kappa shape index (κ3) is 4.21. The van der Waals surface area contributed by atoms with Gasteiger partial charge in [0.1, 0.15) is 0 Å². The first-order chi connectivity index (χ1) is 27.1. The highest BCUT2D eigenvalue weighted by Crippen LogP contribution is 2.47. The van der Waals surface area contributed by atoms with Gasteiger partial charge in [-0.3, -0.25) is 0 Å². The average Bonchev–Trinajstić information content (AvgIpc) is 4.00. The molecule has 3 heteroatoms. The zero-order valence-electron chi connectivity index (χ0n) is 30.8. The minimum Gasteiger partial charge on any atom is -0.313 e. The van der Waals surface area contributed by atoms with Crippen molar-refractivity contribution < 1.29 is 0 Å².